The Hall–Kier alpha value is -9.40. The van der Waals surface area contributed by atoms with Gasteiger partial charge >= 0.3 is 23.9 Å². The van der Waals surface area contributed by atoms with Crippen molar-refractivity contribution in [3.63, 3.8) is 0 Å². The molecular formula is C97H114O8. The zero-order valence-corrected chi connectivity index (χ0v) is 64.9. The van der Waals surface area contributed by atoms with E-state index in [9.17, 15) is 19.2 Å². The van der Waals surface area contributed by atoms with Crippen molar-refractivity contribution in [1.82, 2.24) is 0 Å². The van der Waals surface area contributed by atoms with Gasteiger partial charge in [-0.25, -0.2) is 0 Å². The van der Waals surface area contributed by atoms with E-state index in [0.29, 0.717) is 45.5 Å². The van der Waals surface area contributed by atoms with Crippen LogP contribution < -0.4 is 0 Å². The number of hydrogen-bond acceptors (Lipinski definition) is 8. The summed E-state index contributed by atoms with van der Waals surface area (Å²) >= 11 is 0. The first kappa shape index (κ1) is 79.7. The van der Waals surface area contributed by atoms with Crippen molar-refractivity contribution in [2.24, 2.45) is 0 Å². The molecule has 105 heavy (non-hydrogen) atoms. The lowest BCUT2D eigenvalue weighted by Gasteiger charge is -2.25. The normalized spacial score (nSPS) is 11.8. The van der Waals surface area contributed by atoms with Gasteiger partial charge in [0.05, 0.1) is 26.9 Å². The minimum Gasteiger partial charge on any atom is -0.469 e. The molecule has 0 aromatic heterocycles. The van der Waals surface area contributed by atoms with E-state index in [2.05, 4.69) is 288 Å². The van der Waals surface area contributed by atoms with E-state index in [1.54, 1.807) is 0 Å². The van der Waals surface area contributed by atoms with Gasteiger partial charge in [0.1, 0.15) is 0 Å². The molecule has 8 nitrogen and oxygen atoms in total. The minimum atomic E-state index is -0.129. The van der Waals surface area contributed by atoms with Crippen LogP contribution in [0.4, 0.5) is 0 Å². The maximum absolute atomic E-state index is 12.0. The number of rotatable bonds is 29. The molecule has 0 amide bonds. The molecule has 0 saturated carbocycles. The molecule has 0 heterocycles. The highest BCUT2D eigenvalue weighted by Gasteiger charge is 2.25. The summed E-state index contributed by atoms with van der Waals surface area (Å²) in [5.74, 6) is -0.342. The Morgan fingerprint density at radius 3 is 0.752 bits per heavy atom. The lowest BCUT2D eigenvalue weighted by Crippen LogP contribution is -2.18. The maximum atomic E-state index is 12.0. The van der Waals surface area contributed by atoms with Gasteiger partial charge in [0, 0.05) is 25.7 Å². The third-order valence-electron chi connectivity index (χ3n) is 21.2. The molecular weight excluding hydrogens is 1290 g/mol. The molecule has 0 bridgehead atoms. The molecule has 0 aliphatic heterocycles. The third-order valence-corrected chi connectivity index (χ3v) is 21.2. The van der Waals surface area contributed by atoms with E-state index < -0.39 is 0 Å². The monoisotopic (exact) mass is 1410 g/mol. The van der Waals surface area contributed by atoms with E-state index in [-0.39, 0.29) is 45.5 Å². The highest BCUT2D eigenvalue weighted by Crippen LogP contribution is 2.38. The van der Waals surface area contributed by atoms with Gasteiger partial charge in [-0.05, 0) is 250 Å². The van der Waals surface area contributed by atoms with Crippen molar-refractivity contribution in [3.8, 4) is 0 Å². The summed E-state index contributed by atoms with van der Waals surface area (Å²) in [6.07, 6.45) is 15.8. The Morgan fingerprint density at radius 2 is 0.495 bits per heavy atom. The van der Waals surface area contributed by atoms with E-state index >= 15 is 0 Å². The zero-order valence-electron chi connectivity index (χ0n) is 64.9. The van der Waals surface area contributed by atoms with Crippen LogP contribution in [-0.4, -0.2) is 50.8 Å². The van der Waals surface area contributed by atoms with Crippen LogP contribution in [0.3, 0.4) is 0 Å². The molecule has 0 radical (unpaired) electrons. The molecule has 550 valence electrons. The van der Waals surface area contributed by atoms with Crippen molar-refractivity contribution in [2.75, 3.05) is 26.9 Å². The van der Waals surface area contributed by atoms with Gasteiger partial charge in [-0.15, -0.1) is 0 Å². The van der Waals surface area contributed by atoms with Crippen molar-refractivity contribution < 1.29 is 38.1 Å². The molecule has 0 saturated heterocycles. The number of fused-ring (bicyclic) bond motifs is 8. The highest BCUT2D eigenvalue weighted by atomic mass is 16.5. The molecule has 0 unspecified atom stereocenters. The molecule has 8 heteroatoms. The molecule has 0 aliphatic rings. The van der Waals surface area contributed by atoms with Gasteiger partial charge in [0.25, 0.3) is 0 Å². The first-order valence-electron chi connectivity index (χ1n) is 38.7. The molecule has 12 aromatic rings. The number of ether oxygens (including phenoxy) is 4. The van der Waals surface area contributed by atoms with Crippen molar-refractivity contribution >= 4 is 110 Å². The number of benzene rings is 12. The second kappa shape index (κ2) is 38.0. The summed E-state index contributed by atoms with van der Waals surface area (Å²) in [6.45, 7) is 25.8. The van der Waals surface area contributed by atoms with Gasteiger partial charge in [-0.2, -0.15) is 0 Å². The Labute approximate surface area is 625 Å². The van der Waals surface area contributed by atoms with Crippen LogP contribution in [0.25, 0.3) is 86.2 Å². The first-order chi connectivity index (χ1) is 50.5. The largest absolute Gasteiger partial charge is 0.469 e. The number of esters is 4. The number of hydrogen-bond donors (Lipinski definition) is 0. The van der Waals surface area contributed by atoms with Gasteiger partial charge < -0.3 is 18.9 Å². The van der Waals surface area contributed by atoms with Gasteiger partial charge in [-0.3, -0.25) is 19.2 Å². The number of carbonyl (C=O) groups is 4. The molecule has 0 N–H and O–H groups in total. The summed E-state index contributed by atoms with van der Waals surface area (Å²) in [6, 6.07) is 79.0. The number of methoxy groups -OCH3 is 1. The van der Waals surface area contributed by atoms with Crippen LogP contribution in [0.15, 0.2) is 218 Å². The van der Waals surface area contributed by atoms with Crippen LogP contribution in [0, 0.1) is 0 Å². The quantitative estimate of drug-likeness (QED) is 0.0198. The van der Waals surface area contributed by atoms with Crippen molar-refractivity contribution in [2.45, 2.75) is 213 Å². The fourth-order valence-electron chi connectivity index (χ4n) is 14.2. The van der Waals surface area contributed by atoms with E-state index in [1.165, 1.54) is 128 Å². The Balaban J connectivity index is 0.000000163. The summed E-state index contributed by atoms with van der Waals surface area (Å²) in [5, 5.41) is 20.4. The van der Waals surface area contributed by atoms with Crippen molar-refractivity contribution in [3.05, 3.63) is 241 Å². The summed E-state index contributed by atoms with van der Waals surface area (Å²) in [4.78, 5) is 46.6. The van der Waals surface area contributed by atoms with Gasteiger partial charge in [0.15, 0.2) is 0 Å². The Morgan fingerprint density at radius 1 is 0.257 bits per heavy atom. The SMILES string of the molecule is CCCCCCOC(=O)CCCC(C)(C)c1ccc2cc3ccccc3cc2c1.CCCCOC(=O)CCCC(C)(C)c1ccc2cc3ccccc3cc2c1.CCOC(=O)CCCC(C)(C)c1ccc2cc3ccccc3cc2c1.COC(=O)CCCC(C)(C)c1ccc2cc3ccccc3cc2c1. The molecule has 0 fully saturated rings. The molecule has 12 aromatic carbocycles. The molecule has 0 spiro atoms. The Kier molecular flexibility index (Phi) is 28.9. The first-order valence-corrected chi connectivity index (χ1v) is 38.7. The summed E-state index contributed by atoms with van der Waals surface area (Å²) in [7, 11) is 1.45. The predicted octanol–water partition coefficient (Wildman–Crippen LogP) is 26.0. The number of unbranched alkanes of at least 4 members (excludes halogenated alkanes) is 4. The van der Waals surface area contributed by atoms with Gasteiger partial charge in [0.2, 0.25) is 0 Å². The fraction of sp³-hybridized carbons (Fsp3) is 0.381. The van der Waals surface area contributed by atoms with Crippen LogP contribution in [0.5, 0.6) is 0 Å². The lowest BCUT2D eigenvalue weighted by atomic mass is 9.79. The summed E-state index contributed by atoms with van der Waals surface area (Å²) in [5.41, 5.74) is 5.41. The smallest absolute Gasteiger partial charge is 0.305 e. The zero-order chi connectivity index (χ0) is 75.0. The average molecular weight is 1410 g/mol. The topological polar surface area (TPSA) is 105 Å². The van der Waals surface area contributed by atoms with Gasteiger partial charge in [-0.1, -0.05) is 265 Å². The summed E-state index contributed by atoms with van der Waals surface area (Å²) < 4.78 is 20.4. The standard InChI is InChI=1S/C27H34O2.C25H30O2.C23H26O2.C22H24O2/c1-4-5-6-9-17-29-26(28)13-10-16-27(2,3)25-15-14-23-18-21-11-7-8-12-22(21)19-24(23)20-25;1-4-5-15-27-24(26)11-8-14-25(2,3)23-13-12-21-16-19-9-6-7-10-20(19)17-22(21)18-23;1-4-25-22(24)10-7-13-23(2,3)21-12-11-19-14-17-8-5-6-9-18(17)15-20(19)16-21;1-22(2,12-6-9-21(23)24-3)20-11-10-18-13-16-7-4-5-8-17(16)14-19(18)15-20/h7-8,11-12,14-15,18-20H,4-6,9-10,13,16-17H2,1-3H3;6-7,9-10,12-13,16-18H,4-5,8,11,14-15H2,1-3H3;5-6,8-9,11-12,14-16H,4,7,10,13H2,1-3H3;4-5,7-8,10-11,13-15H,6,9,12H2,1-3H3. The molecule has 0 atom stereocenters. The second-order valence-corrected chi connectivity index (χ2v) is 31.2. The fourth-order valence-corrected chi connectivity index (χ4v) is 14.2. The Bertz CT molecular complexity index is 4880. The van der Waals surface area contributed by atoms with E-state index in [1.807, 2.05) is 6.92 Å². The second-order valence-electron chi connectivity index (χ2n) is 31.2. The van der Waals surface area contributed by atoms with Crippen LogP contribution >= 0.6 is 0 Å². The molecule has 12 rings (SSSR count). The third kappa shape index (κ3) is 23.0. The van der Waals surface area contributed by atoms with Crippen molar-refractivity contribution in [1.29, 1.82) is 0 Å². The maximum Gasteiger partial charge on any atom is 0.305 e. The van der Waals surface area contributed by atoms with Crippen LogP contribution in [-0.2, 0) is 59.8 Å². The minimum absolute atomic E-state index is 0.0290. The van der Waals surface area contributed by atoms with Crippen LogP contribution in [0.2, 0.25) is 0 Å². The van der Waals surface area contributed by atoms with E-state index in [4.69, 9.17) is 18.9 Å². The van der Waals surface area contributed by atoms with Crippen LogP contribution in [0.1, 0.15) is 214 Å². The average Bonchev–Trinajstić information content (AvgIpc) is 0.805. The highest BCUT2D eigenvalue weighted by molar-refractivity contribution is 6.02. The number of carbonyl (C=O) groups excluding carboxylic acids is 4. The lowest BCUT2D eigenvalue weighted by molar-refractivity contribution is -0.144. The molecule has 0 aliphatic carbocycles. The predicted molar refractivity (Wildman–Crippen MR) is 443 cm³/mol. The van der Waals surface area contributed by atoms with E-state index in [0.717, 1.165) is 77.0 Å².